The number of imide groups is 1. The smallest absolute Gasteiger partial charge is 0.232 e. The third-order valence-electron chi connectivity index (χ3n) is 4.58. The van der Waals surface area contributed by atoms with Gasteiger partial charge >= 0.3 is 0 Å². The van der Waals surface area contributed by atoms with Crippen LogP contribution in [0.2, 0.25) is 0 Å². The van der Waals surface area contributed by atoms with Crippen LogP contribution in [0.1, 0.15) is 19.4 Å². The Morgan fingerprint density at radius 3 is 2.59 bits per heavy atom. The van der Waals surface area contributed by atoms with Gasteiger partial charge in [-0.25, -0.2) is 4.90 Å². The summed E-state index contributed by atoms with van der Waals surface area (Å²) in [5.41, 5.74) is -0.537. The lowest BCUT2D eigenvalue weighted by Gasteiger charge is -2.38. The Morgan fingerprint density at radius 1 is 1.19 bits per heavy atom. The van der Waals surface area contributed by atoms with Crippen molar-refractivity contribution in [2.45, 2.75) is 24.5 Å². The van der Waals surface area contributed by atoms with Gasteiger partial charge in [0.1, 0.15) is 0 Å². The molecule has 0 bridgehead atoms. The molecule has 27 heavy (non-hydrogen) atoms. The summed E-state index contributed by atoms with van der Waals surface area (Å²) in [5.74, 6) is -1.07. The number of thiocarbonyl (C=S) groups is 1. The van der Waals surface area contributed by atoms with Crippen LogP contribution < -0.4 is 0 Å². The van der Waals surface area contributed by atoms with Crippen molar-refractivity contribution in [3.63, 3.8) is 0 Å². The van der Waals surface area contributed by atoms with Crippen molar-refractivity contribution in [1.29, 1.82) is 0 Å². The minimum Gasteiger partial charge on any atom is -0.362 e. The van der Waals surface area contributed by atoms with E-state index in [1.807, 2.05) is 41.8 Å². The molecule has 1 N–H and O–H groups in total. The molecular formula is C19H15N3O3S2. The van der Waals surface area contributed by atoms with E-state index in [0.717, 1.165) is 25.6 Å². The van der Waals surface area contributed by atoms with Crippen LogP contribution in [0.15, 0.2) is 57.4 Å². The van der Waals surface area contributed by atoms with E-state index < -0.39 is 17.5 Å². The number of hydrogen-bond donors (Lipinski definition) is 1. The fourth-order valence-corrected chi connectivity index (χ4v) is 4.90. The van der Waals surface area contributed by atoms with Crippen molar-refractivity contribution in [1.82, 2.24) is 9.91 Å². The summed E-state index contributed by atoms with van der Waals surface area (Å²) in [4.78, 5) is 25.5. The van der Waals surface area contributed by atoms with Crippen LogP contribution in [0, 0.1) is 0 Å². The zero-order valence-electron chi connectivity index (χ0n) is 14.5. The highest BCUT2D eigenvalue weighted by Gasteiger charge is 2.50. The van der Waals surface area contributed by atoms with Crippen molar-refractivity contribution in [2.24, 2.45) is 5.10 Å². The Kier molecular flexibility index (Phi) is 4.14. The molecule has 2 heterocycles. The van der Waals surface area contributed by atoms with Gasteiger partial charge in [0.05, 0.1) is 6.21 Å². The van der Waals surface area contributed by atoms with Crippen molar-refractivity contribution >= 4 is 57.9 Å². The largest absolute Gasteiger partial charge is 0.362 e. The first-order valence-corrected chi connectivity index (χ1v) is 9.46. The number of thioether (sulfide) groups is 1. The molecule has 1 unspecified atom stereocenters. The molecule has 0 aromatic heterocycles. The summed E-state index contributed by atoms with van der Waals surface area (Å²) in [5, 5.41) is 20.7. The first-order valence-electron chi connectivity index (χ1n) is 8.17. The summed E-state index contributed by atoms with van der Waals surface area (Å²) in [6, 6.07) is 11.6. The standard InChI is InChI=1S/C19H15N3O3S2/c1-11(23)21(12(2)24)18(26)22-19(25)14(9-20-22)10-27-17-15-6-4-3-5-13(15)7-8-16(17)19/h3-10,25H,1-2H3. The number of benzene rings is 2. The van der Waals surface area contributed by atoms with Crippen LogP contribution in [0.3, 0.4) is 0 Å². The highest BCUT2D eigenvalue weighted by molar-refractivity contribution is 8.02. The fraction of sp³-hybridized carbons (Fsp3) is 0.158. The van der Waals surface area contributed by atoms with Crippen LogP contribution in [0.25, 0.3) is 10.8 Å². The Labute approximate surface area is 165 Å². The second-order valence-electron chi connectivity index (χ2n) is 6.24. The van der Waals surface area contributed by atoms with Crippen LogP contribution in [0.5, 0.6) is 0 Å². The first-order chi connectivity index (χ1) is 12.9. The van der Waals surface area contributed by atoms with Gasteiger partial charge in [-0.1, -0.05) is 48.2 Å². The molecule has 6 nitrogen and oxygen atoms in total. The summed E-state index contributed by atoms with van der Waals surface area (Å²) < 4.78 is 0. The molecule has 0 aliphatic carbocycles. The molecule has 2 aromatic rings. The number of nitrogens with zero attached hydrogens (tertiary/aromatic N) is 3. The molecule has 0 spiro atoms. The van der Waals surface area contributed by atoms with Gasteiger partial charge in [-0.05, 0) is 28.4 Å². The number of amides is 2. The third kappa shape index (κ3) is 2.52. The molecule has 0 saturated heterocycles. The molecule has 2 aliphatic rings. The van der Waals surface area contributed by atoms with Crippen molar-refractivity contribution in [3.8, 4) is 0 Å². The Balaban J connectivity index is 1.88. The van der Waals surface area contributed by atoms with Crippen molar-refractivity contribution < 1.29 is 14.7 Å². The van der Waals surface area contributed by atoms with Crippen LogP contribution in [-0.4, -0.2) is 38.2 Å². The maximum absolute atomic E-state index is 11.9. The first kappa shape index (κ1) is 17.8. The Morgan fingerprint density at radius 2 is 1.89 bits per heavy atom. The molecule has 1 atom stereocenters. The van der Waals surface area contributed by atoms with Crippen LogP contribution >= 0.6 is 24.0 Å². The van der Waals surface area contributed by atoms with Gasteiger partial charge in [0.2, 0.25) is 22.7 Å². The van der Waals surface area contributed by atoms with Crippen molar-refractivity contribution in [3.05, 3.63) is 52.9 Å². The second kappa shape index (κ2) is 6.26. The topological polar surface area (TPSA) is 73.2 Å². The van der Waals surface area contributed by atoms with E-state index in [1.165, 1.54) is 31.8 Å². The molecule has 2 aromatic carbocycles. The third-order valence-corrected chi connectivity index (χ3v) is 5.99. The number of aliphatic hydroxyl groups is 1. The number of fused-ring (bicyclic) bond motifs is 5. The highest BCUT2D eigenvalue weighted by atomic mass is 32.2. The molecule has 8 heteroatoms. The van der Waals surface area contributed by atoms with E-state index in [1.54, 1.807) is 0 Å². The quantitative estimate of drug-likeness (QED) is 0.689. The fourth-order valence-electron chi connectivity index (χ4n) is 3.34. The van der Waals surface area contributed by atoms with E-state index in [4.69, 9.17) is 12.2 Å². The molecule has 2 aliphatic heterocycles. The SMILES string of the molecule is CC(=O)N(C(C)=O)C(=S)N1N=CC2=CSc3c(ccc4ccccc34)C21O. The van der Waals surface area contributed by atoms with Gasteiger partial charge in [0.15, 0.2) is 0 Å². The Hall–Kier alpha value is -2.55. The molecular weight excluding hydrogens is 382 g/mol. The minimum atomic E-state index is -1.68. The van der Waals surface area contributed by atoms with E-state index >= 15 is 0 Å². The predicted molar refractivity (Wildman–Crippen MR) is 108 cm³/mol. The number of carbonyl (C=O) groups is 2. The maximum Gasteiger partial charge on any atom is 0.232 e. The lowest BCUT2D eigenvalue weighted by Crippen LogP contribution is -2.53. The lowest BCUT2D eigenvalue weighted by molar-refractivity contribution is -0.138. The molecule has 2 amide bonds. The van der Waals surface area contributed by atoms with E-state index in [9.17, 15) is 14.7 Å². The number of hydrazone groups is 1. The summed E-state index contributed by atoms with van der Waals surface area (Å²) >= 11 is 6.85. The normalized spacial score (nSPS) is 20.1. The molecule has 0 saturated carbocycles. The zero-order valence-corrected chi connectivity index (χ0v) is 16.2. The average Bonchev–Trinajstić information content (AvgIpc) is 2.98. The molecule has 4 rings (SSSR count). The second-order valence-corrected chi connectivity index (χ2v) is 7.48. The average molecular weight is 397 g/mol. The summed E-state index contributed by atoms with van der Waals surface area (Å²) in [6.45, 7) is 2.49. The van der Waals surface area contributed by atoms with E-state index in [2.05, 4.69) is 5.10 Å². The van der Waals surface area contributed by atoms with Crippen LogP contribution in [-0.2, 0) is 15.3 Å². The lowest BCUT2D eigenvalue weighted by atomic mass is 9.93. The van der Waals surface area contributed by atoms with E-state index in [0.29, 0.717) is 11.1 Å². The van der Waals surface area contributed by atoms with Gasteiger partial charge in [-0.15, -0.1) is 0 Å². The van der Waals surface area contributed by atoms with Gasteiger partial charge in [-0.2, -0.15) is 10.1 Å². The van der Waals surface area contributed by atoms with Gasteiger partial charge in [0, 0.05) is 29.9 Å². The van der Waals surface area contributed by atoms with Gasteiger partial charge < -0.3 is 5.11 Å². The van der Waals surface area contributed by atoms with E-state index in [-0.39, 0.29) is 5.11 Å². The number of rotatable bonds is 0. The maximum atomic E-state index is 11.9. The minimum absolute atomic E-state index is 0.164. The van der Waals surface area contributed by atoms with Gasteiger partial charge in [-0.3, -0.25) is 9.59 Å². The number of hydrogen-bond acceptors (Lipinski definition) is 6. The zero-order chi connectivity index (χ0) is 19.3. The van der Waals surface area contributed by atoms with Crippen LogP contribution in [0.4, 0.5) is 0 Å². The van der Waals surface area contributed by atoms with Crippen molar-refractivity contribution in [2.75, 3.05) is 0 Å². The molecule has 136 valence electrons. The predicted octanol–water partition coefficient (Wildman–Crippen LogP) is 2.96. The summed E-state index contributed by atoms with van der Waals surface area (Å²) in [6.07, 6.45) is 1.50. The molecule has 0 radical (unpaired) electrons. The summed E-state index contributed by atoms with van der Waals surface area (Å²) in [7, 11) is 0. The molecule has 0 fully saturated rings. The highest BCUT2D eigenvalue weighted by Crippen LogP contribution is 2.49. The number of carbonyl (C=O) groups excluding carboxylic acids is 2. The monoisotopic (exact) mass is 397 g/mol. The van der Waals surface area contributed by atoms with Gasteiger partial charge in [0.25, 0.3) is 0 Å². The Bertz CT molecular complexity index is 1070.